The van der Waals surface area contributed by atoms with Crippen molar-refractivity contribution in [1.29, 1.82) is 0 Å². The number of rotatable bonds is 6. The van der Waals surface area contributed by atoms with Gasteiger partial charge < -0.3 is 5.32 Å². The fraction of sp³-hybridized carbons (Fsp3) is 0.562. The van der Waals surface area contributed by atoms with Crippen LogP contribution in [0, 0.1) is 12.8 Å². The van der Waals surface area contributed by atoms with E-state index < -0.39 is 0 Å². The quantitative estimate of drug-likeness (QED) is 0.887. The Bertz CT molecular complexity index is 588. The highest BCUT2D eigenvalue weighted by molar-refractivity contribution is 5.47. The zero-order valence-corrected chi connectivity index (χ0v) is 13.6. The van der Waals surface area contributed by atoms with Crippen molar-refractivity contribution >= 4 is 0 Å². The highest BCUT2D eigenvalue weighted by Crippen LogP contribution is 2.22. The molecule has 1 aromatic heterocycles. The molecule has 0 aliphatic heterocycles. The van der Waals surface area contributed by atoms with Crippen molar-refractivity contribution in [1.82, 2.24) is 25.5 Å². The first kappa shape index (κ1) is 15.6. The zero-order chi connectivity index (χ0) is 15.4. The summed E-state index contributed by atoms with van der Waals surface area (Å²) >= 11 is 0. The number of nitrogens with one attached hydrogen (secondary N) is 1. The molecule has 1 unspecified atom stereocenters. The molecule has 5 heteroatoms. The van der Waals surface area contributed by atoms with E-state index in [0.29, 0.717) is 5.92 Å². The lowest BCUT2D eigenvalue weighted by Crippen LogP contribution is -2.26. The lowest BCUT2D eigenvalue weighted by atomic mass is 10.1. The lowest BCUT2D eigenvalue weighted by Gasteiger charge is -2.17. The molecule has 21 heavy (non-hydrogen) atoms. The first-order chi connectivity index (χ1) is 10.0. The molecule has 0 aliphatic carbocycles. The number of benzene rings is 1. The second-order valence-corrected chi connectivity index (χ2v) is 5.91. The molecule has 1 heterocycles. The number of aromatic nitrogens is 4. The number of para-hydroxylation sites is 1. The van der Waals surface area contributed by atoms with Crippen LogP contribution in [0.5, 0.6) is 0 Å². The van der Waals surface area contributed by atoms with E-state index in [1.165, 1.54) is 11.1 Å². The van der Waals surface area contributed by atoms with E-state index in [1.54, 1.807) is 0 Å². The topological polar surface area (TPSA) is 55.6 Å². The third kappa shape index (κ3) is 3.47. The fourth-order valence-electron chi connectivity index (χ4n) is 2.44. The summed E-state index contributed by atoms with van der Waals surface area (Å²) in [6.45, 7) is 11.7. The molecule has 0 spiro atoms. The molecule has 2 aromatic rings. The van der Waals surface area contributed by atoms with Crippen LogP contribution in [0.4, 0.5) is 0 Å². The molecule has 0 aliphatic rings. The predicted molar refractivity (Wildman–Crippen MR) is 84.5 cm³/mol. The van der Waals surface area contributed by atoms with Crippen LogP contribution in [0.25, 0.3) is 5.69 Å². The van der Waals surface area contributed by atoms with Crippen molar-refractivity contribution in [2.75, 3.05) is 6.54 Å². The van der Waals surface area contributed by atoms with Gasteiger partial charge in [0.1, 0.15) is 0 Å². The summed E-state index contributed by atoms with van der Waals surface area (Å²) in [6.07, 6.45) is 0.962. The van der Waals surface area contributed by atoms with Gasteiger partial charge in [0.2, 0.25) is 0 Å². The molecule has 0 saturated carbocycles. The summed E-state index contributed by atoms with van der Waals surface area (Å²) in [4.78, 5) is 0. The van der Waals surface area contributed by atoms with Crippen LogP contribution in [0.2, 0.25) is 0 Å². The highest BCUT2D eigenvalue weighted by Gasteiger charge is 2.18. The van der Waals surface area contributed by atoms with Gasteiger partial charge >= 0.3 is 0 Å². The molecule has 1 aromatic carbocycles. The van der Waals surface area contributed by atoms with Crippen molar-refractivity contribution in [2.45, 2.75) is 47.1 Å². The van der Waals surface area contributed by atoms with Crippen LogP contribution in [0.3, 0.4) is 0 Å². The largest absolute Gasteiger partial charge is 0.307 e. The Kier molecular flexibility index (Phi) is 5.07. The number of aryl methyl sites for hydroxylation is 2. The molecular weight excluding hydrogens is 262 g/mol. The number of nitrogens with zero attached hydrogens (tertiary/aromatic N) is 4. The van der Waals surface area contributed by atoms with Crippen molar-refractivity contribution in [2.24, 2.45) is 5.92 Å². The first-order valence-corrected chi connectivity index (χ1v) is 7.65. The van der Waals surface area contributed by atoms with E-state index >= 15 is 0 Å². The monoisotopic (exact) mass is 287 g/mol. The molecule has 0 fully saturated rings. The van der Waals surface area contributed by atoms with Gasteiger partial charge in [0.05, 0.1) is 11.7 Å². The van der Waals surface area contributed by atoms with Crippen LogP contribution >= 0.6 is 0 Å². The number of hydrogen-bond acceptors (Lipinski definition) is 4. The van der Waals surface area contributed by atoms with Crippen LogP contribution in [0.15, 0.2) is 18.2 Å². The molecule has 1 N–H and O–H groups in total. The van der Waals surface area contributed by atoms with Crippen molar-refractivity contribution in [3.8, 4) is 5.69 Å². The second kappa shape index (κ2) is 6.80. The van der Waals surface area contributed by atoms with Crippen molar-refractivity contribution in [3.63, 3.8) is 0 Å². The maximum atomic E-state index is 4.23. The van der Waals surface area contributed by atoms with Gasteiger partial charge in [-0.15, -0.1) is 5.10 Å². The minimum absolute atomic E-state index is 0.117. The third-order valence-corrected chi connectivity index (χ3v) is 3.63. The minimum Gasteiger partial charge on any atom is -0.307 e. The summed E-state index contributed by atoms with van der Waals surface area (Å²) in [5, 5.41) is 15.8. The standard InChI is InChI=1S/C16H25N5/c1-6-14-9-7-8-12(4)15(14)21-16(18-19-20-21)13(5)17-10-11(2)3/h7-9,11,13,17H,6,10H2,1-5H3. The van der Waals surface area contributed by atoms with E-state index in [4.69, 9.17) is 0 Å². The van der Waals surface area contributed by atoms with Crippen LogP contribution in [0.1, 0.15) is 50.7 Å². The van der Waals surface area contributed by atoms with Gasteiger partial charge in [-0.25, -0.2) is 0 Å². The van der Waals surface area contributed by atoms with E-state index in [1.807, 2.05) is 4.68 Å². The molecule has 0 bridgehead atoms. The van der Waals surface area contributed by atoms with Crippen molar-refractivity contribution in [3.05, 3.63) is 35.2 Å². The highest BCUT2D eigenvalue weighted by atomic mass is 15.5. The summed E-state index contributed by atoms with van der Waals surface area (Å²) in [5.41, 5.74) is 3.57. The van der Waals surface area contributed by atoms with Crippen LogP contribution < -0.4 is 5.32 Å². The molecule has 0 amide bonds. The smallest absolute Gasteiger partial charge is 0.173 e. The average Bonchev–Trinajstić information content (AvgIpc) is 2.93. The maximum Gasteiger partial charge on any atom is 0.173 e. The predicted octanol–water partition coefficient (Wildman–Crippen LogP) is 2.84. The lowest BCUT2D eigenvalue weighted by molar-refractivity contribution is 0.474. The zero-order valence-electron chi connectivity index (χ0n) is 13.6. The van der Waals surface area contributed by atoms with Crippen LogP contribution in [-0.2, 0) is 6.42 Å². The molecular formula is C16H25N5. The first-order valence-electron chi connectivity index (χ1n) is 7.65. The Morgan fingerprint density at radius 1 is 1.24 bits per heavy atom. The Balaban J connectivity index is 2.37. The summed E-state index contributed by atoms with van der Waals surface area (Å²) in [6, 6.07) is 6.45. The second-order valence-electron chi connectivity index (χ2n) is 5.91. The summed E-state index contributed by atoms with van der Waals surface area (Å²) < 4.78 is 1.88. The Morgan fingerprint density at radius 2 is 2.00 bits per heavy atom. The average molecular weight is 287 g/mol. The maximum absolute atomic E-state index is 4.23. The van der Waals surface area contributed by atoms with E-state index in [9.17, 15) is 0 Å². The molecule has 2 rings (SSSR count). The minimum atomic E-state index is 0.117. The molecule has 5 nitrogen and oxygen atoms in total. The van der Waals surface area contributed by atoms with E-state index in [0.717, 1.165) is 24.5 Å². The normalized spacial score (nSPS) is 12.9. The van der Waals surface area contributed by atoms with Gasteiger partial charge in [-0.2, -0.15) is 4.68 Å². The molecule has 0 saturated heterocycles. The third-order valence-electron chi connectivity index (χ3n) is 3.63. The van der Waals surface area contributed by atoms with Crippen LogP contribution in [-0.4, -0.2) is 26.8 Å². The molecule has 0 radical (unpaired) electrons. The van der Waals surface area contributed by atoms with Gasteiger partial charge in [0.25, 0.3) is 0 Å². The number of tetrazole rings is 1. The van der Waals surface area contributed by atoms with Crippen molar-refractivity contribution < 1.29 is 0 Å². The van der Waals surface area contributed by atoms with Gasteiger partial charge in [-0.1, -0.05) is 39.0 Å². The Hall–Kier alpha value is -1.75. The van der Waals surface area contributed by atoms with Gasteiger partial charge in [0, 0.05) is 0 Å². The summed E-state index contributed by atoms with van der Waals surface area (Å²) in [5.74, 6) is 1.46. The summed E-state index contributed by atoms with van der Waals surface area (Å²) in [7, 11) is 0. The molecule has 1 atom stereocenters. The van der Waals surface area contributed by atoms with E-state index in [-0.39, 0.29) is 6.04 Å². The Morgan fingerprint density at radius 3 is 2.67 bits per heavy atom. The van der Waals surface area contributed by atoms with Gasteiger partial charge in [-0.05, 0) is 54.3 Å². The molecule has 114 valence electrons. The van der Waals surface area contributed by atoms with Gasteiger partial charge in [0.15, 0.2) is 5.82 Å². The van der Waals surface area contributed by atoms with E-state index in [2.05, 4.69) is 73.7 Å². The van der Waals surface area contributed by atoms with Gasteiger partial charge in [-0.3, -0.25) is 0 Å². The fourth-order valence-corrected chi connectivity index (χ4v) is 2.44. The Labute approximate surface area is 126 Å². The number of hydrogen-bond donors (Lipinski definition) is 1. The SMILES string of the molecule is CCc1cccc(C)c1-n1nnnc1C(C)NCC(C)C.